The molecule has 0 aromatic heterocycles. The van der Waals surface area contributed by atoms with Gasteiger partial charge in [-0.15, -0.1) is 0 Å². The Kier molecular flexibility index (Phi) is 5.23. The summed E-state index contributed by atoms with van der Waals surface area (Å²) in [4.78, 5) is 14.2. The van der Waals surface area contributed by atoms with Crippen molar-refractivity contribution in [2.75, 3.05) is 32.2 Å². The Morgan fingerprint density at radius 3 is 2.59 bits per heavy atom. The number of sulfonamides is 1. The first-order valence-electron chi connectivity index (χ1n) is 9.59. The topological polar surface area (TPSA) is 84.9 Å². The van der Waals surface area contributed by atoms with Crippen LogP contribution >= 0.6 is 0 Å². The second-order valence-corrected chi connectivity index (χ2v) is 9.02. The van der Waals surface area contributed by atoms with Crippen molar-refractivity contribution in [2.24, 2.45) is 0 Å². The molecule has 0 bridgehead atoms. The van der Waals surface area contributed by atoms with Gasteiger partial charge in [0.2, 0.25) is 15.9 Å². The summed E-state index contributed by atoms with van der Waals surface area (Å²) in [5, 5.41) is 0. The number of hydrogen-bond donors (Lipinski definition) is 1. The maximum atomic E-state index is 12.8. The van der Waals surface area contributed by atoms with Gasteiger partial charge in [-0.1, -0.05) is 6.07 Å². The molecule has 8 heteroatoms. The number of amides is 1. The van der Waals surface area contributed by atoms with Gasteiger partial charge in [0.05, 0.1) is 31.2 Å². The highest BCUT2D eigenvalue weighted by Crippen LogP contribution is 2.38. The second-order valence-electron chi connectivity index (χ2n) is 7.25. The third kappa shape index (κ3) is 3.70. The fourth-order valence-corrected chi connectivity index (χ4v) is 5.18. The number of aryl methyl sites for hydroxylation is 1. The summed E-state index contributed by atoms with van der Waals surface area (Å²) in [6.07, 6.45) is 2.44. The molecule has 1 N–H and O–H groups in total. The molecule has 4 rings (SSSR count). The molecule has 2 aliphatic heterocycles. The fraction of sp³-hybridized carbons (Fsp3) is 0.381. The molecular weight excluding hydrogens is 392 g/mol. The highest BCUT2D eigenvalue weighted by atomic mass is 32.2. The number of anilines is 1. The molecule has 29 heavy (non-hydrogen) atoms. The molecule has 0 unspecified atom stereocenters. The predicted molar refractivity (Wildman–Crippen MR) is 109 cm³/mol. The van der Waals surface area contributed by atoms with Gasteiger partial charge in [0, 0.05) is 13.1 Å². The highest BCUT2D eigenvalue weighted by molar-refractivity contribution is 7.89. The molecule has 0 atom stereocenters. The molecule has 1 amide bonds. The van der Waals surface area contributed by atoms with Crippen LogP contribution in [-0.2, 0) is 34.1 Å². The zero-order valence-corrected chi connectivity index (χ0v) is 17.3. The molecule has 2 aromatic carbocycles. The Morgan fingerprint density at radius 1 is 1.07 bits per heavy atom. The number of methoxy groups -OCH3 is 2. The molecule has 154 valence electrons. The van der Waals surface area contributed by atoms with E-state index in [0.717, 1.165) is 35.2 Å². The number of hydrogen-bond acceptors (Lipinski definition) is 5. The van der Waals surface area contributed by atoms with Crippen LogP contribution < -0.4 is 19.1 Å². The number of nitrogens with zero attached hydrogens (tertiary/aromatic N) is 1. The van der Waals surface area contributed by atoms with Crippen molar-refractivity contribution in [3.05, 3.63) is 47.0 Å². The van der Waals surface area contributed by atoms with Crippen LogP contribution in [0.1, 0.15) is 23.1 Å². The number of nitrogens with one attached hydrogen (secondary N) is 1. The lowest BCUT2D eigenvalue weighted by Crippen LogP contribution is -2.31. The molecule has 2 heterocycles. The molecule has 0 fully saturated rings. The molecule has 0 aliphatic carbocycles. The van der Waals surface area contributed by atoms with E-state index in [0.29, 0.717) is 24.5 Å². The smallest absolute Gasteiger partial charge is 0.240 e. The molecule has 0 spiro atoms. The van der Waals surface area contributed by atoms with Crippen molar-refractivity contribution in [3.63, 3.8) is 0 Å². The quantitative estimate of drug-likeness (QED) is 0.747. The normalized spacial score (nSPS) is 15.4. The first-order valence-corrected chi connectivity index (χ1v) is 11.1. The summed E-state index contributed by atoms with van der Waals surface area (Å²) >= 11 is 0. The molecular formula is C21H24N2O5S. The van der Waals surface area contributed by atoms with Crippen molar-refractivity contribution < 1.29 is 22.7 Å². The molecule has 2 aromatic rings. The van der Waals surface area contributed by atoms with Gasteiger partial charge < -0.3 is 14.4 Å². The summed E-state index contributed by atoms with van der Waals surface area (Å²) in [7, 11) is -0.522. The number of ether oxygens (including phenoxy) is 2. The first kappa shape index (κ1) is 19.7. The lowest BCUT2D eigenvalue weighted by Gasteiger charge is -2.26. The zero-order valence-electron chi connectivity index (χ0n) is 16.5. The molecule has 0 saturated carbocycles. The monoisotopic (exact) mass is 416 g/mol. The molecule has 0 radical (unpaired) electrons. The highest BCUT2D eigenvalue weighted by Gasteiger charge is 2.33. The van der Waals surface area contributed by atoms with Crippen LogP contribution in [0.4, 0.5) is 5.69 Å². The summed E-state index contributed by atoms with van der Waals surface area (Å²) in [6, 6.07) is 8.88. The minimum Gasteiger partial charge on any atom is -0.493 e. The van der Waals surface area contributed by atoms with Crippen LogP contribution in [0.2, 0.25) is 0 Å². The third-order valence-corrected chi connectivity index (χ3v) is 6.89. The van der Waals surface area contributed by atoms with Crippen LogP contribution in [0.5, 0.6) is 11.5 Å². The molecule has 7 nitrogen and oxygen atoms in total. The SMILES string of the molecule is COc1ccc(CCNS(=O)(=O)c2cc3c4c(c2)CC(=O)N4CCC3)cc1OC. The maximum absolute atomic E-state index is 12.8. The van der Waals surface area contributed by atoms with Crippen molar-refractivity contribution in [1.29, 1.82) is 0 Å². The summed E-state index contributed by atoms with van der Waals surface area (Å²) in [6.45, 7) is 0.976. The van der Waals surface area contributed by atoms with E-state index in [1.807, 2.05) is 12.1 Å². The van der Waals surface area contributed by atoms with E-state index < -0.39 is 10.0 Å². The van der Waals surface area contributed by atoms with E-state index in [2.05, 4.69) is 4.72 Å². The van der Waals surface area contributed by atoms with Crippen LogP contribution in [0.25, 0.3) is 0 Å². The fourth-order valence-electron chi connectivity index (χ4n) is 4.05. The van der Waals surface area contributed by atoms with Gasteiger partial charge in [-0.25, -0.2) is 13.1 Å². The van der Waals surface area contributed by atoms with Gasteiger partial charge >= 0.3 is 0 Å². The summed E-state index contributed by atoms with van der Waals surface area (Å²) in [5.41, 5.74) is 3.62. The van der Waals surface area contributed by atoms with Gasteiger partial charge in [0.15, 0.2) is 11.5 Å². The van der Waals surface area contributed by atoms with Crippen molar-refractivity contribution in [1.82, 2.24) is 4.72 Å². The number of carbonyl (C=O) groups is 1. The maximum Gasteiger partial charge on any atom is 0.240 e. The first-order chi connectivity index (χ1) is 13.9. The standard InChI is InChI=1S/C21H24N2O5S/c1-27-18-6-5-14(10-19(18)28-2)7-8-22-29(25,26)17-11-15-4-3-9-23-20(24)13-16(12-17)21(15)23/h5-6,10-12,22H,3-4,7-9,13H2,1-2H3. The molecule has 2 aliphatic rings. The van der Waals surface area contributed by atoms with E-state index in [1.54, 1.807) is 37.3 Å². The Hall–Kier alpha value is -2.58. The Morgan fingerprint density at radius 2 is 1.83 bits per heavy atom. The Labute approximate surface area is 170 Å². The summed E-state index contributed by atoms with van der Waals surface area (Å²) in [5.74, 6) is 1.30. The van der Waals surface area contributed by atoms with Gasteiger partial charge in [0.1, 0.15) is 0 Å². The minimum atomic E-state index is -3.66. The van der Waals surface area contributed by atoms with Crippen LogP contribution in [-0.4, -0.2) is 41.6 Å². The van der Waals surface area contributed by atoms with Crippen LogP contribution in [0.3, 0.4) is 0 Å². The lowest BCUT2D eigenvalue weighted by molar-refractivity contribution is -0.117. The average molecular weight is 416 g/mol. The van der Waals surface area contributed by atoms with E-state index in [1.165, 1.54) is 0 Å². The van der Waals surface area contributed by atoms with Gasteiger partial charge in [-0.2, -0.15) is 0 Å². The average Bonchev–Trinajstić information content (AvgIpc) is 3.04. The van der Waals surface area contributed by atoms with E-state index in [4.69, 9.17) is 9.47 Å². The zero-order chi connectivity index (χ0) is 20.6. The molecule has 0 saturated heterocycles. The van der Waals surface area contributed by atoms with Crippen LogP contribution in [0, 0.1) is 0 Å². The van der Waals surface area contributed by atoms with E-state index in [9.17, 15) is 13.2 Å². The number of benzene rings is 2. The van der Waals surface area contributed by atoms with Crippen molar-refractivity contribution in [2.45, 2.75) is 30.6 Å². The van der Waals surface area contributed by atoms with E-state index in [-0.39, 0.29) is 23.8 Å². The lowest BCUT2D eigenvalue weighted by atomic mass is 10.0. The summed E-state index contributed by atoms with van der Waals surface area (Å²) < 4.78 is 38.9. The van der Waals surface area contributed by atoms with Crippen molar-refractivity contribution >= 4 is 21.6 Å². The van der Waals surface area contributed by atoms with Gasteiger partial charge in [0.25, 0.3) is 0 Å². The van der Waals surface area contributed by atoms with E-state index >= 15 is 0 Å². The van der Waals surface area contributed by atoms with Gasteiger partial charge in [-0.05, 0) is 60.2 Å². The number of rotatable bonds is 7. The second kappa shape index (κ2) is 7.68. The minimum absolute atomic E-state index is 0.0527. The Balaban J connectivity index is 1.49. The number of carbonyl (C=O) groups excluding carboxylic acids is 1. The Bertz CT molecular complexity index is 1060. The van der Waals surface area contributed by atoms with Crippen LogP contribution in [0.15, 0.2) is 35.2 Å². The van der Waals surface area contributed by atoms with Gasteiger partial charge in [-0.3, -0.25) is 4.79 Å². The van der Waals surface area contributed by atoms with Crippen molar-refractivity contribution in [3.8, 4) is 11.5 Å². The largest absolute Gasteiger partial charge is 0.493 e. The predicted octanol–water partition coefficient (Wildman–Crippen LogP) is 2.06. The third-order valence-electron chi connectivity index (χ3n) is 5.45.